The van der Waals surface area contributed by atoms with Crippen molar-refractivity contribution in [2.45, 2.75) is 0 Å². The fraction of sp³-hybridized carbons (Fsp3) is 0.214. The van der Waals surface area contributed by atoms with E-state index < -0.39 is 0 Å². The zero-order valence-electron chi connectivity index (χ0n) is 9.31. The molecule has 0 N–H and O–H groups in total. The third kappa shape index (κ3) is 4.42. The van der Waals surface area contributed by atoms with Crippen molar-refractivity contribution in [1.82, 2.24) is 0 Å². The maximum absolute atomic E-state index is 11.6. The van der Waals surface area contributed by atoms with E-state index in [0.29, 0.717) is 11.3 Å². The molecule has 3 nitrogen and oxygen atoms in total. The van der Waals surface area contributed by atoms with Crippen LogP contribution in [0.2, 0.25) is 0 Å². The van der Waals surface area contributed by atoms with Crippen molar-refractivity contribution in [3.8, 4) is 30.4 Å². The van der Waals surface area contributed by atoms with Crippen molar-refractivity contribution in [2.75, 3.05) is 19.8 Å². The Kier molecular flexibility index (Phi) is 5.37. The van der Waals surface area contributed by atoms with Gasteiger partial charge in [-0.05, 0) is 24.3 Å². The van der Waals surface area contributed by atoms with Crippen LogP contribution in [-0.2, 0) is 4.74 Å². The van der Waals surface area contributed by atoms with Gasteiger partial charge in [0.25, 0.3) is 0 Å². The molecular formula is C14H12O3. The summed E-state index contributed by atoms with van der Waals surface area (Å²) in [5.74, 6) is 5.16. The van der Waals surface area contributed by atoms with Crippen LogP contribution in [0.15, 0.2) is 24.3 Å². The quantitative estimate of drug-likeness (QED) is 0.421. The lowest BCUT2D eigenvalue weighted by Gasteiger charge is -2.04. The highest BCUT2D eigenvalue weighted by Crippen LogP contribution is 2.12. The van der Waals surface area contributed by atoms with Gasteiger partial charge in [0, 0.05) is 5.56 Å². The van der Waals surface area contributed by atoms with Gasteiger partial charge in [-0.1, -0.05) is 11.8 Å². The molecule has 0 amide bonds. The average molecular weight is 228 g/mol. The van der Waals surface area contributed by atoms with E-state index in [1.807, 2.05) is 0 Å². The highest BCUT2D eigenvalue weighted by atomic mass is 16.5. The van der Waals surface area contributed by atoms with Crippen molar-refractivity contribution in [1.29, 1.82) is 0 Å². The molecule has 1 aromatic rings. The van der Waals surface area contributed by atoms with Gasteiger partial charge in [-0.3, -0.25) is 4.79 Å². The zero-order valence-corrected chi connectivity index (χ0v) is 9.31. The summed E-state index contributed by atoms with van der Waals surface area (Å²) in [4.78, 5) is 11.6. The van der Waals surface area contributed by atoms with Crippen molar-refractivity contribution < 1.29 is 14.3 Å². The van der Waals surface area contributed by atoms with Crippen LogP contribution in [0, 0.1) is 24.7 Å². The monoisotopic (exact) mass is 228 g/mol. The van der Waals surface area contributed by atoms with E-state index in [1.54, 1.807) is 24.3 Å². The summed E-state index contributed by atoms with van der Waals surface area (Å²) < 4.78 is 10.1. The number of carbonyl (C=O) groups excluding carboxylic acids is 1. The Labute approximate surface area is 101 Å². The van der Waals surface area contributed by atoms with Gasteiger partial charge in [0.05, 0.1) is 0 Å². The Morgan fingerprint density at radius 1 is 1.12 bits per heavy atom. The molecule has 0 fully saturated rings. The summed E-state index contributed by atoms with van der Waals surface area (Å²) in [7, 11) is 0. The van der Waals surface area contributed by atoms with Crippen LogP contribution >= 0.6 is 0 Å². The maximum atomic E-state index is 11.6. The Morgan fingerprint density at radius 2 is 1.76 bits per heavy atom. The van der Waals surface area contributed by atoms with Gasteiger partial charge in [0.1, 0.15) is 25.6 Å². The minimum atomic E-state index is -0.122. The predicted molar refractivity (Wildman–Crippen MR) is 64.8 cm³/mol. The smallest absolute Gasteiger partial charge is 0.188 e. The number of terminal acetylenes is 2. The topological polar surface area (TPSA) is 35.5 Å². The number of hydrogen-bond acceptors (Lipinski definition) is 3. The summed E-state index contributed by atoms with van der Waals surface area (Å²) >= 11 is 0. The molecule has 0 aliphatic carbocycles. The van der Waals surface area contributed by atoms with Gasteiger partial charge in [-0.2, -0.15) is 0 Å². The van der Waals surface area contributed by atoms with Crippen molar-refractivity contribution >= 4 is 5.78 Å². The lowest BCUT2D eigenvalue weighted by Crippen LogP contribution is -2.09. The highest BCUT2D eigenvalue weighted by Gasteiger charge is 2.05. The van der Waals surface area contributed by atoms with Gasteiger partial charge in [0.2, 0.25) is 0 Å². The average Bonchev–Trinajstić information content (AvgIpc) is 2.37. The Bertz CT molecular complexity index is 446. The fourth-order valence-corrected chi connectivity index (χ4v) is 1.15. The summed E-state index contributed by atoms with van der Waals surface area (Å²) in [5.41, 5.74) is 0.551. The Morgan fingerprint density at radius 3 is 2.35 bits per heavy atom. The molecular weight excluding hydrogens is 216 g/mol. The van der Waals surface area contributed by atoms with Gasteiger partial charge < -0.3 is 9.47 Å². The fourth-order valence-electron chi connectivity index (χ4n) is 1.15. The number of ether oxygens (including phenoxy) is 2. The molecule has 0 heterocycles. The standard InChI is InChI=1S/C14H12O3/c1-3-9-16-11-14(15)12-5-7-13(8-6-12)17-10-4-2/h1-2,5-8H,9-11H2. The first kappa shape index (κ1) is 12.8. The van der Waals surface area contributed by atoms with Gasteiger partial charge in [-0.25, -0.2) is 0 Å². The van der Waals surface area contributed by atoms with Gasteiger partial charge >= 0.3 is 0 Å². The molecule has 0 aliphatic heterocycles. The number of benzene rings is 1. The summed E-state index contributed by atoms with van der Waals surface area (Å²) in [6.45, 7) is 0.322. The second kappa shape index (κ2) is 7.11. The molecule has 0 atom stereocenters. The van der Waals surface area contributed by atoms with E-state index in [-0.39, 0.29) is 25.6 Å². The number of Topliss-reactive ketones (excluding diaryl/α,β-unsaturated/α-hetero) is 1. The Balaban J connectivity index is 2.53. The normalized spacial score (nSPS) is 9.06. The number of hydrogen-bond donors (Lipinski definition) is 0. The van der Waals surface area contributed by atoms with Crippen LogP contribution in [0.5, 0.6) is 5.75 Å². The number of ketones is 1. The molecule has 0 aliphatic rings. The minimum absolute atomic E-state index is 0.0191. The van der Waals surface area contributed by atoms with E-state index in [0.717, 1.165) is 0 Å². The summed E-state index contributed by atoms with van der Waals surface area (Å²) in [5, 5.41) is 0. The molecule has 0 saturated carbocycles. The predicted octanol–water partition coefficient (Wildman–Crippen LogP) is 1.53. The molecule has 3 heteroatoms. The maximum Gasteiger partial charge on any atom is 0.188 e. The van der Waals surface area contributed by atoms with E-state index >= 15 is 0 Å². The van der Waals surface area contributed by atoms with E-state index in [9.17, 15) is 4.79 Å². The SMILES string of the molecule is C#CCOCC(=O)c1ccc(OCC#C)cc1. The largest absolute Gasteiger partial charge is 0.481 e. The van der Waals surface area contributed by atoms with Crippen molar-refractivity contribution in [3.05, 3.63) is 29.8 Å². The minimum Gasteiger partial charge on any atom is -0.481 e. The molecule has 0 aromatic heterocycles. The summed E-state index contributed by atoms with van der Waals surface area (Å²) in [6, 6.07) is 6.69. The molecule has 0 radical (unpaired) electrons. The molecule has 0 bridgehead atoms. The first-order valence-electron chi connectivity index (χ1n) is 4.98. The highest BCUT2D eigenvalue weighted by molar-refractivity contribution is 5.97. The van der Waals surface area contributed by atoms with E-state index in [2.05, 4.69) is 11.8 Å². The zero-order chi connectivity index (χ0) is 12.5. The lowest BCUT2D eigenvalue weighted by atomic mass is 10.1. The van der Waals surface area contributed by atoms with E-state index in [4.69, 9.17) is 22.3 Å². The molecule has 0 unspecified atom stereocenters. The lowest BCUT2D eigenvalue weighted by molar-refractivity contribution is 0.0812. The molecule has 86 valence electrons. The first-order chi connectivity index (χ1) is 8.27. The van der Waals surface area contributed by atoms with Gasteiger partial charge in [-0.15, -0.1) is 12.8 Å². The first-order valence-corrected chi connectivity index (χ1v) is 4.98. The van der Waals surface area contributed by atoms with Gasteiger partial charge in [0.15, 0.2) is 5.78 Å². The van der Waals surface area contributed by atoms with E-state index in [1.165, 1.54) is 0 Å². The van der Waals surface area contributed by atoms with Crippen LogP contribution in [-0.4, -0.2) is 25.6 Å². The third-order valence-corrected chi connectivity index (χ3v) is 1.92. The van der Waals surface area contributed by atoms with Crippen LogP contribution in [0.3, 0.4) is 0 Å². The molecule has 1 aromatic carbocycles. The van der Waals surface area contributed by atoms with Crippen molar-refractivity contribution in [2.24, 2.45) is 0 Å². The van der Waals surface area contributed by atoms with Crippen molar-refractivity contribution in [3.63, 3.8) is 0 Å². The number of carbonyl (C=O) groups is 1. The molecule has 1 rings (SSSR count). The Hall–Kier alpha value is -2.23. The molecule has 0 saturated heterocycles. The molecule has 0 spiro atoms. The van der Waals surface area contributed by atoms with Crippen LogP contribution < -0.4 is 4.74 Å². The van der Waals surface area contributed by atoms with Crippen LogP contribution in [0.1, 0.15) is 10.4 Å². The number of rotatable bonds is 6. The third-order valence-electron chi connectivity index (χ3n) is 1.92. The second-order valence-corrected chi connectivity index (χ2v) is 3.14. The summed E-state index contributed by atoms with van der Waals surface area (Å²) in [6.07, 6.45) is 10.1. The second-order valence-electron chi connectivity index (χ2n) is 3.14. The van der Waals surface area contributed by atoms with Crippen LogP contribution in [0.25, 0.3) is 0 Å². The molecule has 17 heavy (non-hydrogen) atoms. The van der Waals surface area contributed by atoms with Crippen LogP contribution in [0.4, 0.5) is 0 Å².